The van der Waals surface area contributed by atoms with E-state index < -0.39 is 0 Å². The predicted molar refractivity (Wildman–Crippen MR) is 81.8 cm³/mol. The number of para-hydroxylation sites is 1. The molecule has 0 amide bonds. The Balaban J connectivity index is 1.64. The van der Waals surface area contributed by atoms with Gasteiger partial charge in [0.2, 0.25) is 0 Å². The van der Waals surface area contributed by atoms with Crippen molar-refractivity contribution in [2.45, 2.75) is 25.4 Å². The third-order valence-electron chi connectivity index (χ3n) is 3.93. The SMILES string of the molecule is N#Cc1ccccc1N1CCCC(NCc2ccn[nH]2)C1. The lowest BCUT2D eigenvalue weighted by Gasteiger charge is -2.35. The summed E-state index contributed by atoms with van der Waals surface area (Å²) in [6.45, 7) is 2.76. The van der Waals surface area contributed by atoms with Crippen molar-refractivity contribution >= 4 is 5.69 Å². The van der Waals surface area contributed by atoms with Crippen LogP contribution < -0.4 is 10.2 Å². The van der Waals surface area contributed by atoms with Crippen LogP contribution in [0.15, 0.2) is 36.5 Å². The summed E-state index contributed by atoms with van der Waals surface area (Å²) in [6.07, 6.45) is 4.08. The van der Waals surface area contributed by atoms with Gasteiger partial charge in [-0.1, -0.05) is 12.1 Å². The molecule has 1 fully saturated rings. The van der Waals surface area contributed by atoms with E-state index in [0.29, 0.717) is 6.04 Å². The number of hydrogen-bond acceptors (Lipinski definition) is 4. The largest absolute Gasteiger partial charge is 0.369 e. The van der Waals surface area contributed by atoms with Crippen LogP contribution in [0.25, 0.3) is 0 Å². The molecule has 1 aliphatic rings. The van der Waals surface area contributed by atoms with Gasteiger partial charge >= 0.3 is 0 Å². The fraction of sp³-hybridized carbons (Fsp3) is 0.375. The van der Waals surface area contributed by atoms with Gasteiger partial charge in [-0.3, -0.25) is 5.10 Å². The maximum absolute atomic E-state index is 9.24. The molecule has 1 aromatic carbocycles. The lowest BCUT2D eigenvalue weighted by atomic mass is 10.0. The van der Waals surface area contributed by atoms with Crippen molar-refractivity contribution in [3.63, 3.8) is 0 Å². The highest BCUT2D eigenvalue weighted by Crippen LogP contribution is 2.23. The summed E-state index contributed by atoms with van der Waals surface area (Å²) in [5.74, 6) is 0. The van der Waals surface area contributed by atoms with E-state index in [0.717, 1.165) is 43.0 Å². The van der Waals surface area contributed by atoms with Gasteiger partial charge in [0.25, 0.3) is 0 Å². The van der Waals surface area contributed by atoms with Crippen molar-refractivity contribution in [2.75, 3.05) is 18.0 Å². The Kier molecular flexibility index (Phi) is 4.17. The molecule has 0 spiro atoms. The van der Waals surface area contributed by atoms with Gasteiger partial charge in [-0.15, -0.1) is 0 Å². The molecule has 0 bridgehead atoms. The normalized spacial score (nSPS) is 18.4. The molecule has 5 nitrogen and oxygen atoms in total. The lowest BCUT2D eigenvalue weighted by molar-refractivity contribution is 0.419. The number of rotatable bonds is 4. The first kappa shape index (κ1) is 13.7. The molecular formula is C16H19N5. The van der Waals surface area contributed by atoms with Crippen molar-refractivity contribution < 1.29 is 0 Å². The van der Waals surface area contributed by atoms with Crippen LogP contribution >= 0.6 is 0 Å². The molecule has 1 aliphatic heterocycles. The van der Waals surface area contributed by atoms with E-state index in [1.165, 1.54) is 6.42 Å². The second-order valence-electron chi connectivity index (χ2n) is 5.38. The van der Waals surface area contributed by atoms with E-state index in [1.54, 1.807) is 6.20 Å². The summed E-state index contributed by atoms with van der Waals surface area (Å²) < 4.78 is 0. The van der Waals surface area contributed by atoms with E-state index in [9.17, 15) is 5.26 Å². The Morgan fingerprint density at radius 3 is 3.10 bits per heavy atom. The maximum atomic E-state index is 9.24. The molecule has 0 radical (unpaired) electrons. The summed E-state index contributed by atoms with van der Waals surface area (Å²) in [5, 5.41) is 19.7. The summed E-state index contributed by atoms with van der Waals surface area (Å²) in [4.78, 5) is 2.31. The van der Waals surface area contributed by atoms with Gasteiger partial charge in [-0.25, -0.2) is 0 Å². The first-order valence-corrected chi connectivity index (χ1v) is 7.32. The molecule has 1 aromatic heterocycles. The monoisotopic (exact) mass is 281 g/mol. The van der Waals surface area contributed by atoms with Crippen LogP contribution in [0.4, 0.5) is 5.69 Å². The van der Waals surface area contributed by atoms with Crippen LogP contribution in [-0.4, -0.2) is 29.3 Å². The van der Waals surface area contributed by atoms with E-state index in [1.807, 2.05) is 30.3 Å². The topological polar surface area (TPSA) is 67.7 Å². The zero-order valence-corrected chi connectivity index (χ0v) is 11.9. The van der Waals surface area contributed by atoms with E-state index in [2.05, 4.69) is 26.5 Å². The standard InChI is InChI=1S/C16H19N5/c17-10-13-4-1-2-6-16(13)21-9-3-5-15(12-21)18-11-14-7-8-19-20-14/h1-2,4,6-8,15,18H,3,5,9,11-12H2,(H,19,20). The molecule has 3 rings (SSSR count). The van der Waals surface area contributed by atoms with Crippen LogP contribution in [-0.2, 0) is 6.54 Å². The number of benzene rings is 1. The van der Waals surface area contributed by atoms with E-state index in [-0.39, 0.29) is 0 Å². The molecule has 2 heterocycles. The summed E-state index contributed by atoms with van der Waals surface area (Å²) in [5.41, 5.74) is 2.91. The minimum atomic E-state index is 0.439. The quantitative estimate of drug-likeness (QED) is 0.900. The highest BCUT2D eigenvalue weighted by molar-refractivity contribution is 5.59. The fourth-order valence-electron chi connectivity index (χ4n) is 2.84. The van der Waals surface area contributed by atoms with Crippen molar-refractivity contribution in [3.05, 3.63) is 47.8 Å². The molecule has 0 aliphatic carbocycles. The summed E-state index contributed by atoms with van der Waals surface area (Å²) >= 11 is 0. The van der Waals surface area contributed by atoms with Gasteiger partial charge in [-0.2, -0.15) is 10.4 Å². The minimum absolute atomic E-state index is 0.439. The van der Waals surface area contributed by atoms with Gasteiger partial charge in [0.05, 0.1) is 11.3 Å². The van der Waals surface area contributed by atoms with Crippen LogP contribution in [0.1, 0.15) is 24.1 Å². The zero-order chi connectivity index (χ0) is 14.5. The molecule has 0 saturated carbocycles. The molecule has 108 valence electrons. The third kappa shape index (κ3) is 3.23. The maximum Gasteiger partial charge on any atom is 0.101 e. The Hall–Kier alpha value is -2.32. The summed E-state index contributed by atoms with van der Waals surface area (Å²) in [7, 11) is 0. The minimum Gasteiger partial charge on any atom is -0.369 e. The molecule has 2 aromatic rings. The van der Waals surface area contributed by atoms with Crippen LogP contribution in [0.2, 0.25) is 0 Å². The Morgan fingerprint density at radius 2 is 2.29 bits per heavy atom. The zero-order valence-electron chi connectivity index (χ0n) is 11.9. The van der Waals surface area contributed by atoms with Gasteiger partial charge in [0.1, 0.15) is 6.07 Å². The predicted octanol–water partition coefficient (Wildman–Crippen LogP) is 2.04. The van der Waals surface area contributed by atoms with Gasteiger partial charge in [0.15, 0.2) is 0 Å². The lowest BCUT2D eigenvalue weighted by Crippen LogP contribution is -2.45. The first-order valence-electron chi connectivity index (χ1n) is 7.32. The molecule has 2 N–H and O–H groups in total. The third-order valence-corrected chi connectivity index (χ3v) is 3.93. The second kappa shape index (κ2) is 6.42. The Labute approximate surface area is 124 Å². The molecule has 1 atom stereocenters. The molecule has 1 saturated heterocycles. The average Bonchev–Trinajstić information content (AvgIpc) is 3.06. The number of piperidine rings is 1. The number of nitrogens with zero attached hydrogens (tertiary/aromatic N) is 3. The van der Waals surface area contributed by atoms with Crippen molar-refractivity contribution in [1.82, 2.24) is 15.5 Å². The Bertz CT molecular complexity index is 614. The molecule has 21 heavy (non-hydrogen) atoms. The van der Waals surface area contributed by atoms with Crippen LogP contribution in [0.3, 0.4) is 0 Å². The molecular weight excluding hydrogens is 262 g/mol. The number of aromatic amines is 1. The van der Waals surface area contributed by atoms with Gasteiger partial charge < -0.3 is 10.2 Å². The van der Waals surface area contributed by atoms with Crippen LogP contribution in [0.5, 0.6) is 0 Å². The smallest absolute Gasteiger partial charge is 0.101 e. The highest BCUT2D eigenvalue weighted by Gasteiger charge is 2.21. The number of H-pyrrole nitrogens is 1. The summed E-state index contributed by atoms with van der Waals surface area (Å²) in [6, 6.07) is 12.5. The van der Waals surface area contributed by atoms with Crippen LogP contribution in [0, 0.1) is 11.3 Å². The first-order chi connectivity index (χ1) is 10.4. The van der Waals surface area contributed by atoms with E-state index in [4.69, 9.17) is 0 Å². The Morgan fingerprint density at radius 1 is 1.38 bits per heavy atom. The van der Waals surface area contributed by atoms with Gasteiger partial charge in [-0.05, 0) is 31.0 Å². The second-order valence-corrected chi connectivity index (χ2v) is 5.38. The molecule has 1 unspecified atom stereocenters. The number of hydrogen-bond donors (Lipinski definition) is 2. The fourth-order valence-corrected chi connectivity index (χ4v) is 2.84. The highest BCUT2D eigenvalue weighted by atomic mass is 15.2. The number of nitrogens with one attached hydrogen (secondary N) is 2. The number of anilines is 1. The number of nitriles is 1. The number of aromatic nitrogens is 2. The van der Waals surface area contributed by atoms with Crippen molar-refractivity contribution in [3.8, 4) is 6.07 Å². The van der Waals surface area contributed by atoms with Crippen molar-refractivity contribution in [1.29, 1.82) is 5.26 Å². The average molecular weight is 281 g/mol. The molecule has 5 heteroatoms. The van der Waals surface area contributed by atoms with E-state index >= 15 is 0 Å². The van der Waals surface area contributed by atoms with Crippen molar-refractivity contribution in [2.24, 2.45) is 0 Å². The van der Waals surface area contributed by atoms with Gasteiger partial charge in [0, 0.05) is 37.6 Å².